The number of hydrogen-bond donors (Lipinski definition) is 11. The first kappa shape index (κ1) is 119. The van der Waals surface area contributed by atoms with E-state index in [0.717, 1.165) is 33.2 Å². The maximum Gasteiger partial charge on any atom is 0.472 e. The van der Waals surface area contributed by atoms with E-state index >= 15 is 0 Å². The number of alkyl halides is 1. The molecule has 8 aromatic rings. The van der Waals surface area contributed by atoms with Crippen LogP contribution in [-0.2, 0) is 122 Å². The van der Waals surface area contributed by atoms with Gasteiger partial charge in [-0.15, -0.1) is 13.2 Å². The molecule has 0 aliphatic carbocycles. The number of amides is 1. The zero-order valence-corrected chi connectivity index (χ0v) is 82.5. The minimum absolute atomic E-state index is 0.0153. The molecule has 13 N–H and O–H groups in total. The van der Waals surface area contributed by atoms with Gasteiger partial charge in [0, 0.05) is 63.3 Å². The average molecular weight is 2030 g/mol. The molecule has 10 rings (SSSR count). The molecule has 39 nitrogen and oxygen atoms in total. The fourth-order valence-electron chi connectivity index (χ4n) is 12.9. The normalized spacial score (nSPS) is 17.2. The van der Waals surface area contributed by atoms with Gasteiger partial charge in [0.15, 0.2) is 24.3 Å². The molecule has 0 saturated carbocycles. The number of nitrogens with two attached hydrogens (primary N) is 2. The van der Waals surface area contributed by atoms with E-state index in [1.165, 1.54) is 63.8 Å². The number of thiocarbonyl (C=S) groups is 3. The Kier molecular flexibility index (Phi) is 56.4. The Hall–Kier alpha value is -12.1. The van der Waals surface area contributed by atoms with Gasteiger partial charge in [-0.2, -0.15) is 10.2 Å². The van der Waals surface area contributed by atoms with Crippen molar-refractivity contribution in [2.75, 3.05) is 86.0 Å². The van der Waals surface area contributed by atoms with Crippen LogP contribution in [0.15, 0.2) is 207 Å². The van der Waals surface area contributed by atoms with Crippen molar-refractivity contribution in [1.82, 2.24) is 50.3 Å². The number of phosphoric acid groups is 2. The minimum atomic E-state index is -5.22. The van der Waals surface area contributed by atoms with Crippen LogP contribution in [-0.4, -0.2) is 221 Å². The second-order valence-corrected chi connectivity index (χ2v) is 34.6. The van der Waals surface area contributed by atoms with E-state index in [4.69, 9.17) is 83.3 Å². The number of aliphatic hydroxyl groups excluding tert-OH is 2. The number of Topliss-reactive ketones (excluding diaryl/α,β-unsaturated/α-hetero) is 2. The second kappa shape index (κ2) is 65.7. The fraction of sp³-hybridized carbons (Fsp3) is 0.415. The number of halogens is 1. The molecule has 14 atom stereocenters. The van der Waals surface area contributed by atoms with E-state index in [1.54, 1.807) is 25.1 Å². The first-order chi connectivity index (χ1) is 66.8. The highest BCUT2D eigenvalue weighted by Crippen LogP contribution is 2.50. The quantitative estimate of drug-likeness (QED) is 0.00557. The number of methoxy groups -OCH3 is 3. The Balaban J connectivity index is 0.000000450. The maximum absolute atomic E-state index is 12.8. The van der Waals surface area contributed by atoms with Crippen LogP contribution in [0, 0.1) is 40.9 Å². The van der Waals surface area contributed by atoms with E-state index in [2.05, 4.69) is 90.0 Å². The molecule has 0 bridgehead atoms. The van der Waals surface area contributed by atoms with Crippen LogP contribution >= 0.6 is 52.3 Å². The summed E-state index contributed by atoms with van der Waals surface area (Å²) in [5, 5.41) is 49.3. The van der Waals surface area contributed by atoms with Gasteiger partial charge in [-0.25, -0.2) is 24.3 Å². The Bertz CT molecular complexity index is 5330. The van der Waals surface area contributed by atoms with Gasteiger partial charge in [0.1, 0.15) is 98.2 Å². The van der Waals surface area contributed by atoms with Gasteiger partial charge in [0.25, 0.3) is 7.82 Å². The number of nitrogens with zero attached hydrogens (tertiary/aromatic N) is 7. The molecule has 2 aliphatic rings. The van der Waals surface area contributed by atoms with E-state index in [0.29, 0.717) is 86.4 Å². The number of fused-ring (bicyclic) bond motifs is 1. The van der Waals surface area contributed by atoms with E-state index in [-0.39, 0.29) is 121 Å². The van der Waals surface area contributed by atoms with Crippen molar-refractivity contribution in [1.29, 1.82) is 5.26 Å². The number of phosphoric ester groups is 2. The lowest BCUT2D eigenvalue weighted by molar-refractivity contribution is -0.223. The molecule has 0 radical (unpaired) electrons. The number of aliphatic carboxylic acids is 1. The number of ether oxygens (including phenoxy) is 6. The molecule has 139 heavy (non-hydrogen) atoms. The number of imidazole rings is 1. The van der Waals surface area contributed by atoms with Crippen molar-refractivity contribution in [2.45, 2.75) is 148 Å². The number of aromatic nitrogens is 6. The number of rotatable bonds is 44. The zero-order chi connectivity index (χ0) is 104. The molecule has 0 spiro atoms. The first-order valence-corrected chi connectivity index (χ1v) is 47.2. The number of hydrogen-bond acceptors (Lipinski definition) is 33. The number of nitriles is 1. The second-order valence-electron chi connectivity index (χ2n) is 30.7. The summed E-state index contributed by atoms with van der Waals surface area (Å²) in [4.78, 5) is 151. The number of carbonyl (C=O) groups excluding carboxylic acids is 7. The highest BCUT2D eigenvalue weighted by molar-refractivity contribution is 7.80. The average Bonchev–Trinajstić information content (AvgIpc) is 1.62. The van der Waals surface area contributed by atoms with E-state index in [1.807, 2.05) is 153 Å². The molecular weight excluding hydrogens is 1900 g/mol. The summed E-state index contributed by atoms with van der Waals surface area (Å²) in [6.45, 7) is 10.9. The molecule has 2 saturated heterocycles. The number of nitrogen functional groups attached to an aromatic ring is 2. The standard InChI is InChI=1S/C19H26N8O13P2.C19H22N2O3S.C18H23NO3S.C13H17NO3.C13H17NO2S.C10H12O2.CH3F.CH4/c20-11-1-2-26(19(30)25-11)12-3-8(9(38-12)4-36-41(31,32)33)40-42(34,35)37-5-10-14(28)15(29)18(39-10)27-7-24-13-16(21)22-6-23-17(13)27;1-2-3-9-17(22)13-16(12-15-7-5-4-6-8-15)19(25)21-14-18(23)24-11-10-20;1-3-4-10-16(20)12-15(11-14-8-6-5-7-9-14)18(23)19-13-17(21)22-2;1-10(8-11-6-4-3-5-7-11)13(16)14-9-12(15)17-2;1-10(8-11-6-4-3-5-7-11)13(17)14-9-12(15)16-2;1-8(10(11)12)7-9-5-3-2-4-6-9;1-2;/h1-2,6-10,12,14-15,18,28-29H,3-5H2,(H,34,35)(H2,20,25,30)(H2,21,22,23)(H2,31,32,33);2,4-8,16H,1,3,9,11-14H2,(H,21,25);3,5-9,15H,1,4,10-13H2,2H3,(H,19,23);3-7,10H,8-9H2,1-2H3,(H,14,16);3-7,10H,8-9H2,1-2H3,(H,14,17);2-6,8H,7H2,1H3,(H,11,12);1H3;1H4/p-1/t8?,9-,10-,12-,14?,15+,18-;16-;15-;2*10-;8-;;/m111000../s1/i;;;;;;;1D. The monoisotopic (exact) mass is 2030 g/mol. The lowest BCUT2D eigenvalue weighted by Crippen LogP contribution is -2.36. The maximum atomic E-state index is 12.8. The molecular formula is C94H123FN13O26P2S3-. The van der Waals surface area contributed by atoms with Gasteiger partial charge >= 0.3 is 43.4 Å². The lowest BCUT2D eigenvalue weighted by atomic mass is 9.92. The Morgan fingerprint density at radius 3 is 1.47 bits per heavy atom. The number of ketones is 2. The third-order valence-corrected chi connectivity index (χ3v) is 23.1. The lowest BCUT2D eigenvalue weighted by Gasteiger charge is -2.24. The molecule has 2 fully saturated rings. The molecule has 1 amide bonds. The summed E-state index contributed by atoms with van der Waals surface area (Å²) >= 11 is 16.0. The van der Waals surface area contributed by atoms with Crippen molar-refractivity contribution >= 4 is 137 Å². The highest BCUT2D eigenvalue weighted by Gasteiger charge is 2.47. The summed E-state index contributed by atoms with van der Waals surface area (Å²) in [6.07, 6.45) is 3.45. The number of carboxylic acid groups (broad SMARTS) is 1. The zero-order valence-electron chi connectivity index (χ0n) is 79.3. The highest BCUT2D eigenvalue weighted by atomic mass is 32.1. The number of carboxylic acids is 1. The minimum Gasteiger partial charge on any atom is -0.756 e. The van der Waals surface area contributed by atoms with Crippen LogP contribution in [0.5, 0.6) is 0 Å². The van der Waals surface area contributed by atoms with E-state index < -0.39 is 95.4 Å². The van der Waals surface area contributed by atoms with Gasteiger partial charge in [-0.05, 0) is 78.8 Å². The summed E-state index contributed by atoms with van der Waals surface area (Å²) in [5.74, 6) is -2.90. The summed E-state index contributed by atoms with van der Waals surface area (Å²) in [7, 11) is -4.49. The molecule has 3 aromatic heterocycles. The van der Waals surface area contributed by atoms with Crippen LogP contribution in [0.4, 0.5) is 16.0 Å². The number of nitrogens with one attached hydrogen (secondary N) is 4. The molecule has 2 aliphatic heterocycles. The summed E-state index contributed by atoms with van der Waals surface area (Å²) in [5.41, 5.74) is 16.4. The number of aliphatic hydroxyl groups is 2. The van der Waals surface area contributed by atoms with Gasteiger partial charge < -0.3 is 95.7 Å². The number of allylic oxidation sites excluding steroid dienone is 2. The van der Waals surface area contributed by atoms with Crippen LogP contribution in [0.25, 0.3) is 11.2 Å². The van der Waals surface area contributed by atoms with Crippen molar-refractivity contribution < 1.29 is 125 Å². The topological polar surface area (TPSA) is 580 Å². The molecule has 4 unspecified atom stereocenters. The van der Waals surface area contributed by atoms with Gasteiger partial charge in [0.05, 0.1) is 68.9 Å². The largest absolute Gasteiger partial charge is 0.756 e. The summed E-state index contributed by atoms with van der Waals surface area (Å²) in [6, 6.07) is 52.2. The van der Waals surface area contributed by atoms with Crippen molar-refractivity contribution in [2.24, 2.45) is 29.6 Å². The third kappa shape index (κ3) is 47.0. The Labute approximate surface area is 823 Å². The Morgan fingerprint density at radius 2 is 1.04 bits per heavy atom. The SMILES string of the molecule is C=CCCC(=O)C[C@@H](Cc1ccccc1)C(=S)NCC(=O)OC.C=CCCC(=O)C[C@@H](Cc1ccccc1)C(=S)NCC(=O)OCC#N.CF.COC(=O)CNC(=O)[C@@H](C)Cc1ccccc1.COC(=O)CNC(=S)[C@@H](C)Cc1ccccc1.C[C@@H](Cc1ccccc1)C(=O)O.Nc1ccn([C@H]2CC(OP(=O)(O)OC[C@H]3O[C@@H](n4cnc5c(N)ncnc54)[C@@H](O)C3O)[C@@H](COP(=O)([O-])O)O2)c(=O)n1.[2H]C. The number of anilines is 2. The van der Waals surface area contributed by atoms with Crippen molar-refractivity contribution in [3.8, 4) is 6.07 Å². The van der Waals surface area contributed by atoms with Crippen LogP contribution in [0.1, 0.15) is 115 Å². The van der Waals surface area contributed by atoms with Crippen LogP contribution < -0.4 is 43.3 Å². The van der Waals surface area contributed by atoms with Gasteiger partial charge in [0.2, 0.25) is 5.91 Å². The predicted octanol–water partition coefficient (Wildman–Crippen LogP) is 9.03. The van der Waals surface area contributed by atoms with Crippen LogP contribution in [0.3, 0.4) is 0 Å². The Morgan fingerprint density at radius 1 is 0.612 bits per heavy atom. The van der Waals surface area contributed by atoms with Gasteiger partial charge in [-0.3, -0.25) is 65.5 Å². The van der Waals surface area contributed by atoms with E-state index in [9.17, 15) is 76.7 Å². The molecule has 5 aromatic carbocycles. The van der Waals surface area contributed by atoms with Crippen LogP contribution in [0.2, 0.25) is 0 Å². The predicted molar refractivity (Wildman–Crippen MR) is 526 cm³/mol. The van der Waals surface area contributed by atoms with Crippen molar-refractivity contribution in [3.63, 3.8) is 0 Å². The molecule has 5 heterocycles. The van der Waals surface area contributed by atoms with Crippen molar-refractivity contribution in [3.05, 3.63) is 240 Å². The molecule has 756 valence electrons. The number of benzene rings is 5. The third-order valence-electron chi connectivity index (χ3n) is 20.1. The molecule has 45 heteroatoms. The smallest absolute Gasteiger partial charge is 0.472 e. The fourth-order valence-corrected chi connectivity index (χ4v) is 14.8. The van der Waals surface area contributed by atoms with Gasteiger partial charge in [-0.1, -0.05) is 229 Å². The number of esters is 4. The number of carbonyl (C=O) groups is 8. The first-order valence-electron chi connectivity index (χ1n) is 44.0. The summed E-state index contributed by atoms with van der Waals surface area (Å²) < 4.78 is 85.5.